The highest BCUT2D eigenvalue weighted by atomic mass is 32.2. The Hall–Kier alpha value is -2.80. The fraction of sp³-hybridized carbons (Fsp3) is 0.400. The molecule has 168 valence electrons. The molecule has 6 nitrogen and oxygen atoms in total. The number of rotatable bonds is 8. The zero-order valence-corrected chi connectivity index (χ0v) is 19.6. The molecule has 0 aliphatic carbocycles. The molecule has 0 spiro atoms. The van der Waals surface area contributed by atoms with Gasteiger partial charge in [-0.3, -0.25) is 4.79 Å². The van der Waals surface area contributed by atoms with E-state index in [2.05, 4.69) is 46.0 Å². The Kier molecular flexibility index (Phi) is 7.47. The van der Waals surface area contributed by atoms with Crippen molar-refractivity contribution in [3.63, 3.8) is 0 Å². The number of aromatic nitrogens is 3. The Balaban J connectivity index is 1.57. The highest BCUT2D eigenvalue weighted by Gasteiger charge is 2.24. The molecule has 1 aliphatic rings. The SMILES string of the molecule is COc1ccccc1-c1nnc(SCC(=O)N2CCCCC2C)n1CCc1ccccc1. The van der Waals surface area contributed by atoms with Gasteiger partial charge < -0.3 is 14.2 Å². The molecule has 7 heteroatoms. The number of hydrogen-bond donors (Lipinski definition) is 0. The van der Waals surface area contributed by atoms with Crippen molar-refractivity contribution in [3.05, 3.63) is 60.2 Å². The number of thioether (sulfide) groups is 1. The predicted molar refractivity (Wildman–Crippen MR) is 128 cm³/mol. The average Bonchev–Trinajstić information content (AvgIpc) is 3.24. The van der Waals surface area contributed by atoms with Crippen LogP contribution >= 0.6 is 11.8 Å². The highest BCUT2D eigenvalue weighted by Crippen LogP contribution is 2.31. The average molecular weight is 451 g/mol. The summed E-state index contributed by atoms with van der Waals surface area (Å²) in [5.74, 6) is 2.08. The molecule has 0 saturated carbocycles. The van der Waals surface area contributed by atoms with Gasteiger partial charge in [0.1, 0.15) is 5.75 Å². The fourth-order valence-corrected chi connectivity index (χ4v) is 5.04. The zero-order valence-electron chi connectivity index (χ0n) is 18.7. The first-order valence-corrected chi connectivity index (χ1v) is 12.2. The first kappa shape index (κ1) is 22.4. The van der Waals surface area contributed by atoms with Crippen LogP contribution in [0, 0.1) is 0 Å². The van der Waals surface area contributed by atoms with E-state index in [1.165, 1.54) is 23.7 Å². The lowest BCUT2D eigenvalue weighted by Gasteiger charge is -2.33. The van der Waals surface area contributed by atoms with Gasteiger partial charge in [-0.15, -0.1) is 10.2 Å². The lowest BCUT2D eigenvalue weighted by atomic mass is 10.0. The van der Waals surface area contributed by atoms with Crippen LogP contribution in [0.25, 0.3) is 11.4 Å². The summed E-state index contributed by atoms with van der Waals surface area (Å²) < 4.78 is 7.68. The Morgan fingerprint density at radius 1 is 1.09 bits per heavy atom. The van der Waals surface area contributed by atoms with E-state index >= 15 is 0 Å². The van der Waals surface area contributed by atoms with E-state index in [0.717, 1.165) is 54.6 Å². The molecule has 1 atom stereocenters. The molecular formula is C25H30N4O2S. The number of carbonyl (C=O) groups excluding carboxylic acids is 1. The lowest BCUT2D eigenvalue weighted by molar-refractivity contribution is -0.131. The summed E-state index contributed by atoms with van der Waals surface area (Å²) >= 11 is 1.47. The van der Waals surface area contributed by atoms with E-state index in [4.69, 9.17) is 4.74 Å². The first-order chi connectivity index (χ1) is 15.7. The number of nitrogens with zero attached hydrogens (tertiary/aromatic N) is 4. The van der Waals surface area contributed by atoms with Gasteiger partial charge in [0, 0.05) is 19.1 Å². The van der Waals surface area contributed by atoms with Crippen LogP contribution in [0.4, 0.5) is 0 Å². The molecule has 32 heavy (non-hydrogen) atoms. The number of aryl methyl sites for hydroxylation is 1. The second kappa shape index (κ2) is 10.7. The van der Waals surface area contributed by atoms with Gasteiger partial charge in [-0.25, -0.2) is 0 Å². The molecule has 0 radical (unpaired) electrons. The normalized spacial score (nSPS) is 16.2. The van der Waals surface area contributed by atoms with Crippen LogP contribution in [-0.4, -0.2) is 51.0 Å². The second-order valence-corrected chi connectivity index (χ2v) is 9.06. The van der Waals surface area contributed by atoms with Crippen molar-refractivity contribution in [1.82, 2.24) is 19.7 Å². The van der Waals surface area contributed by atoms with Crippen molar-refractivity contribution in [3.8, 4) is 17.1 Å². The number of methoxy groups -OCH3 is 1. The molecule has 3 aromatic rings. The number of hydrogen-bond acceptors (Lipinski definition) is 5. The number of amides is 1. The molecule has 2 aromatic carbocycles. The maximum absolute atomic E-state index is 12.9. The number of para-hydroxylation sites is 1. The van der Waals surface area contributed by atoms with Crippen LogP contribution in [-0.2, 0) is 17.8 Å². The van der Waals surface area contributed by atoms with Crippen molar-refractivity contribution in [2.75, 3.05) is 19.4 Å². The van der Waals surface area contributed by atoms with E-state index < -0.39 is 0 Å². The molecule has 4 rings (SSSR count). The number of ether oxygens (including phenoxy) is 1. The van der Waals surface area contributed by atoms with Crippen LogP contribution in [0.5, 0.6) is 5.75 Å². The number of benzene rings is 2. The summed E-state index contributed by atoms with van der Waals surface area (Å²) in [6, 6.07) is 18.5. The molecule has 1 amide bonds. The van der Waals surface area contributed by atoms with Crippen LogP contribution in [0.2, 0.25) is 0 Å². The van der Waals surface area contributed by atoms with Gasteiger partial charge in [0.15, 0.2) is 11.0 Å². The van der Waals surface area contributed by atoms with Gasteiger partial charge >= 0.3 is 0 Å². The third-order valence-corrected chi connectivity index (χ3v) is 6.93. The largest absolute Gasteiger partial charge is 0.496 e. The predicted octanol–water partition coefficient (Wildman–Crippen LogP) is 4.69. The van der Waals surface area contributed by atoms with E-state index in [0.29, 0.717) is 11.8 Å². The topological polar surface area (TPSA) is 60.3 Å². The van der Waals surface area contributed by atoms with Gasteiger partial charge in [0.25, 0.3) is 0 Å². The number of piperidine rings is 1. The van der Waals surface area contributed by atoms with Gasteiger partial charge in [0.05, 0.1) is 18.4 Å². The standard InChI is InChI=1S/C25H30N4O2S/c1-19-10-8-9-16-28(19)23(30)18-32-25-27-26-24(21-13-6-7-14-22(21)31-2)29(25)17-15-20-11-4-3-5-12-20/h3-7,11-14,19H,8-10,15-18H2,1-2H3. The summed E-state index contributed by atoms with van der Waals surface area (Å²) in [6.45, 7) is 3.72. The van der Waals surface area contributed by atoms with Crippen molar-refractivity contribution < 1.29 is 9.53 Å². The second-order valence-electron chi connectivity index (χ2n) is 8.11. The van der Waals surface area contributed by atoms with Crippen LogP contribution in [0.3, 0.4) is 0 Å². The van der Waals surface area contributed by atoms with Crippen LogP contribution < -0.4 is 4.74 Å². The van der Waals surface area contributed by atoms with Crippen LogP contribution in [0.15, 0.2) is 59.8 Å². The minimum Gasteiger partial charge on any atom is -0.496 e. The van der Waals surface area contributed by atoms with Crippen molar-refractivity contribution in [1.29, 1.82) is 0 Å². The third kappa shape index (κ3) is 5.15. The zero-order chi connectivity index (χ0) is 22.3. The van der Waals surface area contributed by atoms with Crippen LogP contribution in [0.1, 0.15) is 31.7 Å². The highest BCUT2D eigenvalue weighted by molar-refractivity contribution is 7.99. The Morgan fingerprint density at radius 2 is 1.88 bits per heavy atom. The maximum atomic E-state index is 12.9. The molecule has 2 heterocycles. The van der Waals surface area contributed by atoms with Crippen molar-refractivity contribution in [2.24, 2.45) is 0 Å². The monoisotopic (exact) mass is 450 g/mol. The molecule has 0 bridgehead atoms. The van der Waals surface area contributed by atoms with Gasteiger partial charge in [0.2, 0.25) is 5.91 Å². The molecule has 1 saturated heterocycles. The number of likely N-dealkylation sites (tertiary alicyclic amines) is 1. The van der Waals surface area contributed by atoms with Crippen molar-refractivity contribution >= 4 is 17.7 Å². The fourth-order valence-electron chi connectivity index (χ4n) is 4.19. The summed E-state index contributed by atoms with van der Waals surface area (Å²) in [5, 5.41) is 9.73. The Morgan fingerprint density at radius 3 is 2.66 bits per heavy atom. The molecule has 1 aromatic heterocycles. The van der Waals surface area contributed by atoms with E-state index in [1.54, 1.807) is 7.11 Å². The molecule has 1 unspecified atom stereocenters. The van der Waals surface area contributed by atoms with Gasteiger partial charge in [-0.05, 0) is 50.3 Å². The van der Waals surface area contributed by atoms with Gasteiger partial charge in [-0.2, -0.15) is 0 Å². The molecular weight excluding hydrogens is 420 g/mol. The molecule has 0 N–H and O–H groups in total. The Bertz CT molecular complexity index is 1040. The maximum Gasteiger partial charge on any atom is 0.233 e. The summed E-state index contributed by atoms with van der Waals surface area (Å²) in [4.78, 5) is 14.9. The van der Waals surface area contributed by atoms with E-state index in [-0.39, 0.29) is 5.91 Å². The quantitative estimate of drug-likeness (QED) is 0.466. The number of carbonyl (C=O) groups is 1. The summed E-state index contributed by atoms with van der Waals surface area (Å²) in [7, 11) is 1.66. The smallest absolute Gasteiger partial charge is 0.233 e. The Labute approximate surface area is 194 Å². The minimum atomic E-state index is 0.179. The van der Waals surface area contributed by atoms with Crippen molar-refractivity contribution in [2.45, 2.75) is 50.4 Å². The molecule has 1 fully saturated rings. The third-order valence-electron chi connectivity index (χ3n) is 5.98. The van der Waals surface area contributed by atoms with E-state index in [1.807, 2.05) is 35.2 Å². The molecule has 1 aliphatic heterocycles. The lowest BCUT2D eigenvalue weighted by Crippen LogP contribution is -2.43. The summed E-state index contributed by atoms with van der Waals surface area (Å²) in [5.41, 5.74) is 2.15. The summed E-state index contributed by atoms with van der Waals surface area (Å²) in [6.07, 6.45) is 4.23. The first-order valence-electron chi connectivity index (χ1n) is 11.2. The van der Waals surface area contributed by atoms with Gasteiger partial charge in [-0.1, -0.05) is 54.2 Å². The van der Waals surface area contributed by atoms with E-state index in [9.17, 15) is 4.79 Å². The minimum absolute atomic E-state index is 0.179.